The molecule has 1 aromatic heterocycles. The molecule has 19 heavy (non-hydrogen) atoms. The molecular formula is C14H18N2O3. The summed E-state index contributed by atoms with van der Waals surface area (Å²) in [6.07, 6.45) is 1.51. The molecule has 2 heterocycles. The van der Waals surface area contributed by atoms with Crippen LogP contribution in [0.3, 0.4) is 0 Å². The predicted octanol–water partition coefficient (Wildman–Crippen LogP) is 1.40. The number of rotatable bonds is 3. The lowest BCUT2D eigenvalue weighted by Gasteiger charge is -2.18. The number of aryl methyl sites for hydroxylation is 1. The number of aliphatic hydroxyl groups is 1. The highest BCUT2D eigenvalue weighted by atomic mass is 16.4. The van der Waals surface area contributed by atoms with Gasteiger partial charge in [0.15, 0.2) is 5.58 Å². The molecule has 5 nitrogen and oxygen atoms in total. The summed E-state index contributed by atoms with van der Waals surface area (Å²) in [7, 11) is 0. The molecule has 0 radical (unpaired) electrons. The van der Waals surface area contributed by atoms with Gasteiger partial charge in [-0.2, -0.15) is 0 Å². The molecule has 0 amide bonds. The molecule has 0 bridgehead atoms. The summed E-state index contributed by atoms with van der Waals surface area (Å²) in [6, 6.07) is 5.58. The topological polar surface area (TPSA) is 67.4 Å². The molecule has 0 aliphatic carbocycles. The lowest BCUT2D eigenvalue weighted by molar-refractivity contribution is 0.137. The van der Waals surface area contributed by atoms with Crippen LogP contribution in [0.15, 0.2) is 27.4 Å². The summed E-state index contributed by atoms with van der Waals surface area (Å²) in [6.45, 7) is 3.44. The van der Waals surface area contributed by atoms with Crippen molar-refractivity contribution in [2.24, 2.45) is 0 Å². The first-order valence-electron chi connectivity index (χ1n) is 6.75. The van der Waals surface area contributed by atoms with Crippen LogP contribution in [0.25, 0.3) is 11.1 Å². The van der Waals surface area contributed by atoms with Gasteiger partial charge in [-0.15, -0.1) is 0 Å². The molecule has 2 unspecified atom stereocenters. The van der Waals surface area contributed by atoms with E-state index in [0.29, 0.717) is 12.1 Å². The van der Waals surface area contributed by atoms with Crippen molar-refractivity contribution < 1.29 is 9.52 Å². The Balaban J connectivity index is 1.99. The molecule has 3 rings (SSSR count). The van der Waals surface area contributed by atoms with Crippen molar-refractivity contribution >= 4 is 11.1 Å². The van der Waals surface area contributed by atoms with E-state index >= 15 is 0 Å². The molecule has 2 N–H and O–H groups in total. The number of benzene rings is 1. The second-order valence-corrected chi connectivity index (χ2v) is 4.99. The van der Waals surface area contributed by atoms with E-state index in [0.717, 1.165) is 30.5 Å². The van der Waals surface area contributed by atoms with Gasteiger partial charge in [0.2, 0.25) is 0 Å². The molecule has 5 heteroatoms. The minimum Gasteiger partial charge on any atom is -0.408 e. The van der Waals surface area contributed by atoms with E-state index in [-0.39, 0.29) is 11.8 Å². The highest BCUT2D eigenvalue weighted by Crippen LogP contribution is 2.25. The first kappa shape index (κ1) is 12.4. The van der Waals surface area contributed by atoms with Crippen molar-refractivity contribution in [3.63, 3.8) is 0 Å². The summed E-state index contributed by atoms with van der Waals surface area (Å²) in [5.74, 6) is -0.344. The van der Waals surface area contributed by atoms with E-state index in [2.05, 4.69) is 5.32 Å². The maximum Gasteiger partial charge on any atom is 0.419 e. The SMILES string of the molecule is CCn1c(=O)oc2cc(C(O)C3CCCN3)ccc21. The Hall–Kier alpha value is -1.59. The van der Waals surface area contributed by atoms with Crippen molar-refractivity contribution in [3.8, 4) is 0 Å². The van der Waals surface area contributed by atoms with E-state index < -0.39 is 6.10 Å². The average molecular weight is 262 g/mol. The van der Waals surface area contributed by atoms with Gasteiger partial charge in [0.1, 0.15) is 0 Å². The normalized spacial score (nSPS) is 21.1. The maximum absolute atomic E-state index is 11.6. The monoisotopic (exact) mass is 262 g/mol. The average Bonchev–Trinajstić information content (AvgIpc) is 3.03. The number of nitrogens with one attached hydrogen (secondary N) is 1. The molecule has 2 atom stereocenters. The van der Waals surface area contributed by atoms with Gasteiger partial charge in [0.05, 0.1) is 11.6 Å². The highest BCUT2D eigenvalue weighted by Gasteiger charge is 2.24. The summed E-state index contributed by atoms with van der Waals surface area (Å²) >= 11 is 0. The fourth-order valence-corrected chi connectivity index (χ4v) is 2.78. The van der Waals surface area contributed by atoms with Crippen LogP contribution in [-0.4, -0.2) is 22.3 Å². The number of aromatic nitrogens is 1. The first-order valence-corrected chi connectivity index (χ1v) is 6.75. The molecule has 0 saturated carbocycles. The molecule has 1 saturated heterocycles. The Bertz CT molecular complexity index is 638. The zero-order valence-electron chi connectivity index (χ0n) is 10.9. The van der Waals surface area contributed by atoms with Gasteiger partial charge < -0.3 is 14.8 Å². The van der Waals surface area contributed by atoms with Crippen LogP contribution < -0.4 is 11.1 Å². The zero-order chi connectivity index (χ0) is 13.4. The van der Waals surface area contributed by atoms with Gasteiger partial charge in [0.25, 0.3) is 0 Å². The van der Waals surface area contributed by atoms with E-state index in [1.54, 1.807) is 10.6 Å². The molecule has 1 fully saturated rings. The van der Waals surface area contributed by atoms with Crippen LogP contribution in [0, 0.1) is 0 Å². The number of hydrogen-bond acceptors (Lipinski definition) is 4. The van der Waals surface area contributed by atoms with Crippen molar-refractivity contribution in [3.05, 3.63) is 34.3 Å². The molecule has 0 spiro atoms. The summed E-state index contributed by atoms with van der Waals surface area (Å²) in [4.78, 5) is 11.6. The molecule has 2 aromatic rings. The van der Waals surface area contributed by atoms with Crippen LogP contribution in [0.5, 0.6) is 0 Å². The number of aliphatic hydroxyl groups excluding tert-OH is 1. The third kappa shape index (κ3) is 2.09. The van der Waals surface area contributed by atoms with E-state index in [1.165, 1.54) is 0 Å². The third-order valence-electron chi connectivity index (χ3n) is 3.83. The fourth-order valence-electron chi connectivity index (χ4n) is 2.78. The molecule has 1 aliphatic heterocycles. The van der Waals surface area contributed by atoms with Gasteiger partial charge in [-0.25, -0.2) is 4.79 Å². The largest absolute Gasteiger partial charge is 0.419 e. The van der Waals surface area contributed by atoms with Crippen molar-refractivity contribution in [2.75, 3.05) is 6.54 Å². The Labute approximate surface area is 110 Å². The van der Waals surface area contributed by atoms with Gasteiger partial charge >= 0.3 is 5.76 Å². The Morgan fingerprint density at radius 2 is 2.42 bits per heavy atom. The standard InChI is InChI=1S/C14H18N2O3/c1-2-16-11-6-5-9(8-12(11)19-14(16)18)13(17)10-4-3-7-15-10/h5-6,8,10,13,15,17H,2-4,7H2,1H3. The number of fused-ring (bicyclic) bond motifs is 1. The maximum atomic E-state index is 11.6. The first-order chi connectivity index (χ1) is 9.20. The van der Waals surface area contributed by atoms with Crippen LogP contribution in [0.2, 0.25) is 0 Å². The second-order valence-electron chi connectivity index (χ2n) is 4.99. The van der Waals surface area contributed by atoms with E-state index in [4.69, 9.17) is 4.42 Å². The van der Waals surface area contributed by atoms with Crippen LogP contribution in [0.1, 0.15) is 31.4 Å². The smallest absolute Gasteiger partial charge is 0.408 e. The zero-order valence-corrected chi connectivity index (χ0v) is 10.9. The quantitative estimate of drug-likeness (QED) is 0.877. The summed E-state index contributed by atoms with van der Waals surface area (Å²) in [5.41, 5.74) is 2.12. The fraction of sp³-hybridized carbons (Fsp3) is 0.500. The van der Waals surface area contributed by atoms with Crippen molar-refractivity contribution in [2.45, 2.75) is 38.5 Å². The second kappa shape index (κ2) is 4.83. The Morgan fingerprint density at radius 3 is 3.11 bits per heavy atom. The molecular weight excluding hydrogens is 244 g/mol. The van der Waals surface area contributed by atoms with Crippen LogP contribution >= 0.6 is 0 Å². The van der Waals surface area contributed by atoms with E-state index in [9.17, 15) is 9.90 Å². The molecule has 1 aromatic carbocycles. The Kier molecular flexibility index (Phi) is 3.16. The third-order valence-corrected chi connectivity index (χ3v) is 3.83. The van der Waals surface area contributed by atoms with Gasteiger partial charge in [-0.1, -0.05) is 6.07 Å². The van der Waals surface area contributed by atoms with Crippen LogP contribution in [0.4, 0.5) is 0 Å². The number of nitrogens with zero attached hydrogens (tertiary/aromatic N) is 1. The predicted molar refractivity (Wildman–Crippen MR) is 72.1 cm³/mol. The van der Waals surface area contributed by atoms with Gasteiger partial charge in [-0.3, -0.25) is 4.57 Å². The highest BCUT2D eigenvalue weighted by molar-refractivity contribution is 5.73. The summed E-state index contributed by atoms with van der Waals surface area (Å²) in [5, 5.41) is 13.6. The van der Waals surface area contributed by atoms with Crippen LogP contribution in [-0.2, 0) is 6.54 Å². The van der Waals surface area contributed by atoms with Gasteiger partial charge in [-0.05, 0) is 44.0 Å². The van der Waals surface area contributed by atoms with Crippen molar-refractivity contribution in [1.29, 1.82) is 0 Å². The van der Waals surface area contributed by atoms with Crippen molar-refractivity contribution in [1.82, 2.24) is 9.88 Å². The minimum absolute atomic E-state index is 0.0948. The number of oxazole rings is 1. The van der Waals surface area contributed by atoms with Gasteiger partial charge in [0, 0.05) is 12.6 Å². The molecule has 1 aliphatic rings. The Morgan fingerprint density at radius 1 is 1.58 bits per heavy atom. The summed E-state index contributed by atoms with van der Waals surface area (Å²) < 4.78 is 6.80. The van der Waals surface area contributed by atoms with E-state index in [1.807, 2.05) is 19.1 Å². The number of hydrogen-bond donors (Lipinski definition) is 2. The lowest BCUT2D eigenvalue weighted by Crippen LogP contribution is -2.28. The minimum atomic E-state index is -0.554. The lowest BCUT2D eigenvalue weighted by atomic mass is 10.0. The molecule has 102 valence electrons.